The Labute approximate surface area is 98.5 Å². The van der Waals surface area contributed by atoms with Gasteiger partial charge in [-0.1, -0.05) is 11.6 Å². The average Bonchev–Trinajstić information content (AvgIpc) is 2.52. The molecule has 0 amide bonds. The third kappa shape index (κ3) is 2.70. The van der Waals surface area contributed by atoms with Crippen molar-refractivity contribution in [3.8, 4) is 0 Å². The predicted molar refractivity (Wildman–Crippen MR) is 57.8 cm³/mol. The number of ether oxygens (including phenoxy) is 2. The van der Waals surface area contributed by atoms with E-state index in [0.29, 0.717) is 13.0 Å². The number of aromatic nitrogens is 1. The number of hydrogen-bond donors (Lipinski definition) is 0. The first-order valence-corrected chi connectivity index (χ1v) is 5.46. The van der Waals surface area contributed by atoms with Gasteiger partial charge in [-0.05, 0) is 25.5 Å². The molecule has 1 aromatic heterocycles. The molecule has 1 aliphatic rings. The van der Waals surface area contributed by atoms with Crippen LogP contribution in [0, 0.1) is 5.82 Å². The topological polar surface area (TPSA) is 31.4 Å². The zero-order valence-electron chi connectivity index (χ0n) is 9.17. The lowest BCUT2D eigenvalue weighted by atomic mass is 10.1. The molecule has 0 aromatic carbocycles. The molecule has 1 atom stereocenters. The van der Waals surface area contributed by atoms with E-state index >= 15 is 0 Å². The van der Waals surface area contributed by atoms with Gasteiger partial charge in [0, 0.05) is 12.6 Å². The SMILES string of the molecule is CC1(C)OCC(Cc2cnc(Cl)c(F)c2)O1. The molecular formula is C11H13ClFNO2. The normalized spacial score (nSPS) is 23.6. The van der Waals surface area contributed by atoms with Crippen LogP contribution >= 0.6 is 11.6 Å². The van der Waals surface area contributed by atoms with Crippen LogP contribution in [0.15, 0.2) is 12.3 Å². The summed E-state index contributed by atoms with van der Waals surface area (Å²) in [4.78, 5) is 3.75. The lowest BCUT2D eigenvalue weighted by Crippen LogP contribution is -2.22. The third-order valence-electron chi connectivity index (χ3n) is 2.38. The van der Waals surface area contributed by atoms with E-state index in [9.17, 15) is 4.39 Å². The fourth-order valence-corrected chi connectivity index (χ4v) is 1.80. The Bertz CT molecular complexity index is 398. The summed E-state index contributed by atoms with van der Waals surface area (Å²) in [7, 11) is 0. The van der Waals surface area contributed by atoms with Crippen LogP contribution in [0.4, 0.5) is 4.39 Å². The summed E-state index contributed by atoms with van der Waals surface area (Å²) in [5, 5.41) is -0.104. The van der Waals surface area contributed by atoms with Crippen molar-refractivity contribution in [3.05, 3.63) is 28.8 Å². The van der Waals surface area contributed by atoms with Crippen LogP contribution in [0.2, 0.25) is 5.15 Å². The molecule has 0 aliphatic carbocycles. The number of nitrogens with zero attached hydrogens (tertiary/aromatic N) is 1. The molecule has 88 valence electrons. The van der Waals surface area contributed by atoms with Crippen LogP contribution in [-0.2, 0) is 15.9 Å². The molecule has 1 unspecified atom stereocenters. The van der Waals surface area contributed by atoms with Crippen molar-refractivity contribution in [2.45, 2.75) is 32.2 Å². The summed E-state index contributed by atoms with van der Waals surface area (Å²) >= 11 is 5.50. The van der Waals surface area contributed by atoms with E-state index < -0.39 is 11.6 Å². The molecule has 16 heavy (non-hydrogen) atoms. The average molecular weight is 246 g/mol. The maximum Gasteiger partial charge on any atom is 0.164 e. The highest BCUT2D eigenvalue weighted by Crippen LogP contribution is 2.25. The van der Waals surface area contributed by atoms with Crippen molar-refractivity contribution in [1.29, 1.82) is 0 Å². The third-order valence-corrected chi connectivity index (χ3v) is 2.66. The molecule has 1 fully saturated rings. The van der Waals surface area contributed by atoms with E-state index in [1.807, 2.05) is 13.8 Å². The minimum absolute atomic E-state index is 0.0580. The zero-order chi connectivity index (χ0) is 11.8. The minimum Gasteiger partial charge on any atom is -0.348 e. The smallest absolute Gasteiger partial charge is 0.164 e. The van der Waals surface area contributed by atoms with Crippen LogP contribution in [-0.4, -0.2) is 23.5 Å². The van der Waals surface area contributed by atoms with Crippen molar-refractivity contribution in [3.63, 3.8) is 0 Å². The van der Waals surface area contributed by atoms with Crippen molar-refractivity contribution in [2.75, 3.05) is 6.61 Å². The van der Waals surface area contributed by atoms with Gasteiger partial charge in [-0.3, -0.25) is 0 Å². The monoisotopic (exact) mass is 245 g/mol. The second-order valence-corrected chi connectivity index (χ2v) is 4.63. The zero-order valence-corrected chi connectivity index (χ0v) is 9.92. The Morgan fingerprint density at radius 1 is 1.62 bits per heavy atom. The molecule has 0 radical (unpaired) electrons. The van der Waals surface area contributed by atoms with Crippen molar-refractivity contribution < 1.29 is 13.9 Å². The van der Waals surface area contributed by atoms with Crippen LogP contribution in [0.1, 0.15) is 19.4 Å². The van der Waals surface area contributed by atoms with Gasteiger partial charge in [0.25, 0.3) is 0 Å². The second kappa shape index (κ2) is 4.28. The fourth-order valence-electron chi connectivity index (χ4n) is 1.70. The van der Waals surface area contributed by atoms with Crippen LogP contribution in [0.25, 0.3) is 0 Å². The number of rotatable bonds is 2. The van der Waals surface area contributed by atoms with Crippen LogP contribution < -0.4 is 0 Å². The minimum atomic E-state index is -0.553. The maximum atomic E-state index is 13.1. The summed E-state index contributed by atoms with van der Waals surface area (Å²) in [6.07, 6.45) is 2.07. The largest absolute Gasteiger partial charge is 0.348 e. The highest BCUT2D eigenvalue weighted by molar-refractivity contribution is 6.29. The maximum absolute atomic E-state index is 13.1. The lowest BCUT2D eigenvalue weighted by Gasteiger charge is -2.17. The molecule has 0 spiro atoms. The highest BCUT2D eigenvalue weighted by atomic mass is 35.5. The van der Waals surface area contributed by atoms with Gasteiger partial charge in [-0.15, -0.1) is 0 Å². The Kier molecular flexibility index (Phi) is 3.15. The van der Waals surface area contributed by atoms with Gasteiger partial charge >= 0.3 is 0 Å². The molecule has 2 heterocycles. The number of hydrogen-bond acceptors (Lipinski definition) is 3. The van der Waals surface area contributed by atoms with Crippen molar-refractivity contribution in [1.82, 2.24) is 4.98 Å². The Morgan fingerprint density at radius 3 is 2.94 bits per heavy atom. The van der Waals surface area contributed by atoms with Gasteiger partial charge in [0.2, 0.25) is 0 Å². The van der Waals surface area contributed by atoms with Gasteiger partial charge in [0.1, 0.15) is 0 Å². The van der Waals surface area contributed by atoms with E-state index in [4.69, 9.17) is 21.1 Å². The van der Waals surface area contributed by atoms with E-state index in [-0.39, 0.29) is 11.3 Å². The molecule has 1 aromatic rings. The van der Waals surface area contributed by atoms with Crippen LogP contribution in [0.5, 0.6) is 0 Å². The van der Waals surface area contributed by atoms with Gasteiger partial charge in [0.15, 0.2) is 16.8 Å². The number of halogens is 2. The fraction of sp³-hybridized carbons (Fsp3) is 0.545. The van der Waals surface area contributed by atoms with Gasteiger partial charge in [0.05, 0.1) is 12.7 Å². The Balaban J connectivity index is 2.02. The Morgan fingerprint density at radius 2 is 2.38 bits per heavy atom. The van der Waals surface area contributed by atoms with E-state index in [2.05, 4.69) is 4.98 Å². The van der Waals surface area contributed by atoms with Crippen LogP contribution in [0.3, 0.4) is 0 Å². The van der Waals surface area contributed by atoms with Crippen molar-refractivity contribution in [2.24, 2.45) is 0 Å². The molecule has 0 N–H and O–H groups in total. The van der Waals surface area contributed by atoms with E-state index in [0.717, 1.165) is 5.56 Å². The predicted octanol–water partition coefficient (Wildman–Crippen LogP) is 2.57. The summed E-state index contributed by atoms with van der Waals surface area (Å²) in [6.45, 7) is 4.22. The first-order valence-electron chi connectivity index (χ1n) is 5.08. The molecule has 0 bridgehead atoms. The van der Waals surface area contributed by atoms with Gasteiger partial charge < -0.3 is 9.47 Å². The van der Waals surface area contributed by atoms with Crippen molar-refractivity contribution >= 4 is 11.6 Å². The molecule has 1 saturated heterocycles. The Hall–Kier alpha value is -0.710. The molecule has 5 heteroatoms. The first-order chi connectivity index (χ1) is 7.46. The van der Waals surface area contributed by atoms with Gasteiger partial charge in [-0.25, -0.2) is 9.37 Å². The molecule has 3 nitrogen and oxygen atoms in total. The number of pyridine rings is 1. The highest BCUT2D eigenvalue weighted by Gasteiger charge is 2.32. The summed E-state index contributed by atoms with van der Waals surface area (Å²) in [5.74, 6) is -1.05. The summed E-state index contributed by atoms with van der Waals surface area (Å²) in [5.41, 5.74) is 0.758. The second-order valence-electron chi connectivity index (χ2n) is 4.27. The summed E-state index contributed by atoms with van der Waals surface area (Å²) < 4.78 is 24.2. The molecule has 2 rings (SSSR count). The standard InChI is InChI=1S/C11H13ClFNO2/c1-11(2)15-6-8(16-11)3-7-4-9(13)10(12)14-5-7/h4-5,8H,3,6H2,1-2H3. The lowest BCUT2D eigenvalue weighted by molar-refractivity contribution is -0.138. The quantitative estimate of drug-likeness (QED) is 0.751. The first kappa shape index (κ1) is 11.8. The van der Waals surface area contributed by atoms with Gasteiger partial charge in [-0.2, -0.15) is 0 Å². The molecule has 1 aliphatic heterocycles. The molecular weight excluding hydrogens is 233 g/mol. The van der Waals surface area contributed by atoms with E-state index in [1.54, 1.807) is 6.20 Å². The van der Waals surface area contributed by atoms with E-state index in [1.165, 1.54) is 6.07 Å². The molecule has 0 saturated carbocycles. The summed E-state index contributed by atoms with van der Waals surface area (Å²) in [6, 6.07) is 1.38.